The average Bonchev–Trinajstić information content (AvgIpc) is 2.21. The molecule has 1 unspecified atom stereocenters. The van der Waals surface area contributed by atoms with Crippen LogP contribution in [-0.4, -0.2) is 23.1 Å². The summed E-state index contributed by atoms with van der Waals surface area (Å²) in [5.41, 5.74) is 1.18. The molecule has 1 N–H and O–H groups in total. The summed E-state index contributed by atoms with van der Waals surface area (Å²) in [6.07, 6.45) is 5.96. The van der Waals surface area contributed by atoms with Crippen molar-refractivity contribution in [3.05, 3.63) is 24.3 Å². The van der Waals surface area contributed by atoms with Crippen molar-refractivity contribution in [2.24, 2.45) is 0 Å². The van der Waals surface area contributed by atoms with Crippen LogP contribution in [0.3, 0.4) is 0 Å². The Morgan fingerprint density at radius 2 is 2.21 bits per heavy atom. The van der Waals surface area contributed by atoms with Gasteiger partial charge in [0.15, 0.2) is 0 Å². The highest BCUT2D eigenvalue weighted by molar-refractivity contribution is 5.85. The Labute approximate surface area is 96.5 Å². The van der Waals surface area contributed by atoms with Crippen LogP contribution in [0.2, 0.25) is 0 Å². The molecular weight excluding hydrogens is 221 g/mol. The first-order valence-corrected chi connectivity index (χ1v) is 4.43. The van der Waals surface area contributed by atoms with Gasteiger partial charge in [-0.1, -0.05) is 0 Å². The number of nitrogens with one attached hydrogen (secondary N) is 1. The van der Waals surface area contributed by atoms with E-state index in [1.165, 1.54) is 18.5 Å². The van der Waals surface area contributed by atoms with Crippen molar-refractivity contribution in [3.63, 3.8) is 0 Å². The van der Waals surface area contributed by atoms with Crippen LogP contribution in [0.1, 0.15) is 24.5 Å². The Morgan fingerprint density at radius 3 is 2.79 bits per heavy atom. The normalized spacial score (nSPS) is 20.4. The van der Waals surface area contributed by atoms with Gasteiger partial charge in [-0.05, 0) is 25.5 Å². The minimum atomic E-state index is 0. The number of rotatable bonds is 1. The molecule has 2 heterocycles. The first-order chi connectivity index (χ1) is 5.97. The summed E-state index contributed by atoms with van der Waals surface area (Å²) in [5, 5.41) is 3.37. The molecule has 0 bridgehead atoms. The second kappa shape index (κ2) is 6.98. The van der Waals surface area contributed by atoms with Gasteiger partial charge in [0.25, 0.3) is 0 Å². The zero-order valence-corrected chi connectivity index (χ0v) is 9.48. The van der Waals surface area contributed by atoms with Crippen LogP contribution in [0.5, 0.6) is 0 Å². The van der Waals surface area contributed by atoms with Gasteiger partial charge in [0, 0.05) is 24.4 Å². The van der Waals surface area contributed by atoms with Crippen molar-refractivity contribution in [1.82, 2.24) is 15.3 Å². The molecule has 1 aliphatic heterocycles. The number of piperidine rings is 1. The summed E-state index contributed by atoms with van der Waals surface area (Å²) in [4.78, 5) is 8.16. The fourth-order valence-corrected chi connectivity index (χ4v) is 1.65. The van der Waals surface area contributed by atoms with E-state index in [1.807, 2.05) is 12.3 Å². The van der Waals surface area contributed by atoms with Crippen LogP contribution in [0.4, 0.5) is 0 Å². The first-order valence-electron chi connectivity index (χ1n) is 4.43. The summed E-state index contributed by atoms with van der Waals surface area (Å²) < 4.78 is 0. The van der Waals surface area contributed by atoms with Gasteiger partial charge in [-0.3, -0.25) is 0 Å². The van der Waals surface area contributed by atoms with Gasteiger partial charge in [0.1, 0.15) is 6.33 Å². The molecule has 5 heteroatoms. The number of halogens is 2. The van der Waals surface area contributed by atoms with Crippen LogP contribution in [-0.2, 0) is 0 Å². The number of hydrogen-bond acceptors (Lipinski definition) is 3. The SMILES string of the molecule is Cl.Cl.c1cc(C2CCCNC2)ncn1. The second-order valence-corrected chi connectivity index (χ2v) is 3.18. The number of hydrogen-bond donors (Lipinski definition) is 1. The van der Waals surface area contributed by atoms with Crippen molar-refractivity contribution in [1.29, 1.82) is 0 Å². The van der Waals surface area contributed by atoms with Crippen LogP contribution in [0.15, 0.2) is 18.6 Å². The molecule has 0 aromatic carbocycles. The minimum Gasteiger partial charge on any atom is -0.316 e. The Balaban J connectivity index is 0.000000845. The molecule has 3 nitrogen and oxygen atoms in total. The molecule has 1 aromatic rings. The zero-order valence-electron chi connectivity index (χ0n) is 7.85. The van der Waals surface area contributed by atoms with E-state index in [9.17, 15) is 0 Å². The molecule has 1 aromatic heterocycles. The third-order valence-corrected chi connectivity index (χ3v) is 2.32. The third-order valence-electron chi connectivity index (χ3n) is 2.32. The van der Waals surface area contributed by atoms with Crippen molar-refractivity contribution in [2.75, 3.05) is 13.1 Å². The van der Waals surface area contributed by atoms with Crippen molar-refractivity contribution in [2.45, 2.75) is 18.8 Å². The Bertz CT molecular complexity index is 237. The molecule has 1 aliphatic rings. The Morgan fingerprint density at radius 1 is 1.36 bits per heavy atom. The molecule has 0 aliphatic carbocycles. The van der Waals surface area contributed by atoms with Gasteiger partial charge in [-0.15, -0.1) is 24.8 Å². The molecule has 1 saturated heterocycles. The van der Waals surface area contributed by atoms with Crippen LogP contribution in [0.25, 0.3) is 0 Å². The van der Waals surface area contributed by atoms with E-state index >= 15 is 0 Å². The average molecular weight is 236 g/mol. The van der Waals surface area contributed by atoms with Crippen molar-refractivity contribution >= 4 is 24.8 Å². The number of nitrogens with zero attached hydrogens (tertiary/aromatic N) is 2. The lowest BCUT2D eigenvalue weighted by Crippen LogP contribution is -2.28. The summed E-state index contributed by atoms with van der Waals surface area (Å²) in [6.45, 7) is 2.22. The maximum Gasteiger partial charge on any atom is 0.115 e. The van der Waals surface area contributed by atoms with Crippen LogP contribution in [0, 0.1) is 0 Å². The molecule has 0 spiro atoms. The van der Waals surface area contributed by atoms with Gasteiger partial charge in [-0.25, -0.2) is 9.97 Å². The summed E-state index contributed by atoms with van der Waals surface area (Å²) in [6, 6.07) is 2.01. The predicted molar refractivity (Wildman–Crippen MR) is 61.4 cm³/mol. The van der Waals surface area contributed by atoms with Gasteiger partial charge in [0.05, 0.1) is 0 Å². The molecule has 1 fully saturated rings. The molecule has 2 rings (SSSR count). The monoisotopic (exact) mass is 235 g/mol. The predicted octanol–water partition coefficient (Wildman–Crippen LogP) is 1.79. The second-order valence-electron chi connectivity index (χ2n) is 3.18. The quantitative estimate of drug-likeness (QED) is 0.807. The van der Waals surface area contributed by atoms with E-state index in [1.54, 1.807) is 6.33 Å². The lowest BCUT2D eigenvalue weighted by molar-refractivity contribution is 0.454. The fraction of sp³-hybridized carbons (Fsp3) is 0.556. The fourth-order valence-electron chi connectivity index (χ4n) is 1.65. The minimum absolute atomic E-state index is 0. The topological polar surface area (TPSA) is 37.8 Å². The third kappa shape index (κ3) is 3.40. The van der Waals surface area contributed by atoms with E-state index in [2.05, 4.69) is 15.3 Å². The molecule has 0 saturated carbocycles. The van der Waals surface area contributed by atoms with Gasteiger partial charge in [0.2, 0.25) is 0 Å². The van der Waals surface area contributed by atoms with E-state index in [4.69, 9.17) is 0 Å². The van der Waals surface area contributed by atoms with E-state index in [-0.39, 0.29) is 24.8 Å². The highest BCUT2D eigenvalue weighted by Crippen LogP contribution is 2.19. The molecular formula is C9H15Cl2N3. The highest BCUT2D eigenvalue weighted by Gasteiger charge is 2.15. The van der Waals surface area contributed by atoms with Gasteiger partial charge < -0.3 is 5.32 Å². The van der Waals surface area contributed by atoms with E-state index in [0.29, 0.717) is 5.92 Å². The molecule has 1 atom stereocenters. The largest absolute Gasteiger partial charge is 0.316 e. The van der Waals surface area contributed by atoms with Crippen molar-refractivity contribution in [3.8, 4) is 0 Å². The summed E-state index contributed by atoms with van der Waals surface area (Å²) in [5.74, 6) is 0.599. The Kier molecular flexibility index (Phi) is 6.79. The lowest BCUT2D eigenvalue weighted by atomic mass is 9.96. The maximum atomic E-state index is 4.25. The van der Waals surface area contributed by atoms with Gasteiger partial charge >= 0.3 is 0 Å². The maximum absolute atomic E-state index is 4.25. The molecule has 0 amide bonds. The summed E-state index contributed by atoms with van der Waals surface area (Å²) >= 11 is 0. The molecule has 14 heavy (non-hydrogen) atoms. The standard InChI is InChI=1S/C9H13N3.2ClH/c1-2-8(6-10-4-1)9-3-5-11-7-12-9;;/h3,5,7-8,10H,1-2,4,6H2;2*1H. The molecule has 80 valence electrons. The van der Waals surface area contributed by atoms with E-state index in [0.717, 1.165) is 13.1 Å². The van der Waals surface area contributed by atoms with E-state index < -0.39 is 0 Å². The highest BCUT2D eigenvalue weighted by atomic mass is 35.5. The summed E-state index contributed by atoms with van der Waals surface area (Å²) in [7, 11) is 0. The lowest BCUT2D eigenvalue weighted by Gasteiger charge is -2.21. The van der Waals surface area contributed by atoms with Gasteiger partial charge in [-0.2, -0.15) is 0 Å². The van der Waals surface area contributed by atoms with Crippen LogP contribution < -0.4 is 5.32 Å². The smallest absolute Gasteiger partial charge is 0.115 e. The zero-order chi connectivity index (χ0) is 8.23. The Hall–Kier alpha value is -0.380. The van der Waals surface area contributed by atoms with Crippen LogP contribution >= 0.6 is 24.8 Å². The van der Waals surface area contributed by atoms with Crippen molar-refractivity contribution < 1.29 is 0 Å². The number of aromatic nitrogens is 2. The molecule has 0 radical (unpaired) electrons. The first kappa shape index (κ1) is 13.6.